The van der Waals surface area contributed by atoms with Crippen molar-refractivity contribution in [2.75, 3.05) is 25.6 Å². The number of rotatable bonds is 5. The van der Waals surface area contributed by atoms with Crippen molar-refractivity contribution in [3.8, 4) is 0 Å². The van der Waals surface area contributed by atoms with Crippen molar-refractivity contribution >= 4 is 11.6 Å². The Hall–Kier alpha value is 0.210. The van der Waals surface area contributed by atoms with Crippen molar-refractivity contribution in [2.24, 2.45) is 5.92 Å². The zero-order valence-electron chi connectivity index (χ0n) is 8.39. The molecular weight excluding hydrogens is 186 g/mol. The van der Waals surface area contributed by atoms with Crippen LogP contribution in [0.25, 0.3) is 0 Å². The van der Waals surface area contributed by atoms with Crippen LogP contribution in [0.15, 0.2) is 0 Å². The number of alkyl halides is 1. The molecule has 1 rings (SSSR count). The molecule has 13 heavy (non-hydrogen) atoms. The van der Waals surface area contributed by atoms with E-state index < -0.39 is 0 Å². The predicted octanol–water partition coefficient (Wildman–Crippen LogP) is 2.02. The summed E-state index contributed by atoms with van der Waals surface area (Å²) in [6.45, 7) is 5.20. The monoisotopic (exact) mass is 205 g/mol. The lowest BCUT2D eigenvalue weighted by Gasteiger charge is -2.24. The first-order chi connectivity index (χ1) is 6.33. The minimum absolute atomic E-state index is 0.556. The van der Waals surface area contributed by atoms with Gasteiger partial charge in [-0.3, -0.25) is 0 Å². The van der Waals surface area contributed by atoms with E-state index >= 15 is 0 Å². The van der Waals surface area contributed by atoms with Gasteiger partial charge in [-0.2, -0.15) is 0 Å². The highest BCUT2D eigenvalue weighted by Gasteiger charge is 2.13. The van der Waals surface area contributed by atoms with E-state index in [4.69, 9.17) is 16.3 Å². The fraction of sp³-hybridized carbons (Fsp3) is 1.00. The van der Waals surface area contributed by atoms with Crippen LogP contribution in [0.4, 0.5) is 0 Å². The van der Waals surface area contributed by atoms with E-state index in [0.29, 0.717) is 6.04 Å². The Kier molecular flexibility index (Phi) is 5.76. The Morgan fingerprint density at radius 1 is 1.46 bits per heavy atom. The second-order valence-electron chi connectivity index (χ2n) is 3.84. The Morgan fingerprint density at radius 3 is 2.77 bits per heavy atom. The van der Waals surface area contributed by atoms with Crippen molar-refractivity contribution in [3.63, 3.8) is 0 Å². The minimum Gasteiger partial charge on any atom is -0.381 e. The smallest absolute Gasteiger partial charge is 0.0469 e. The van der Waals surface area contributed by atoms with E-state index in [2.05, 4.69) is 12.2 Å². The maximum atomic E-state index is 5.66. The van der Waals surface area contributed by atoms with E-state index in [9.17, 15) is 0 Å². The van der Waals surface area contributed by atoms with Crippen LogP contribution < -0.4 is 5.32 Å². The highest BCUT2D eigenvalue weighted by molar-refractivity contribution is 6.17. The van der Waals surface area contributed by atoms with Crippen LogP contribution in [0.3, 0.4) is 0 Å². The summed E-state index contributed by atoms with van der Waals surface area (Å²) >= 11 is 5.66. The maximum absolute atomic E-state index is 5.66. The summed E-state index contributed by atoms with van der Waals surface area (Å²) < 4.78 is 5.31. The van der Waals surface area contributed by atoms with Gasteiger partial charge in [-0.1, -0.05) is 0 Å². The van der Waals surface area contributed by atoms with Gasteiger partial charge in [0.25, 0.3) is 0 Å². The molecule has 1 aliphatic heterocycles. The lowest BCUT2D eigenvalue weighted by atomic mass is 10.00. The van der Waals surface area contributed by atoms with E-state index in [1.54, 1.807) is 0 Å². The largest absolute Gasteiger partial charge is 0.381 e. The highest BCUT2D eigenvalue weighted by Crippen LogP contribution is 2.13. The van der Waals surface area contributed by atoms with E-state index in [1.165, 1.54) is 12.8 Å². The molecule has 1 unspecified atom stereocenters. The van der Waals surface area contributed by atoms with Crippen molar-refractivity contribution in [1.29, 1.82) is 0 Å². The predicted molar refractivity (Wildman–Crippen MR) is 56.3 cm³/mol. The molecule has 0 radical (unpaired) electrons. The van der Waals surface area contributed by atoms with Gasteiger partial charge < -0.3 is 10.1 Å². The molecule has 1 fully saturated rings. The van der Waals surface area contributed by atoms with E-state index in [-0.39, 0.29) is 0 Å². The minimum atomic E-state index is 0.556. The number of hydrogen-bond acceptors (Lipinski definition) is 2. The molecule has 1 heterocycles. The van der Waals surface area contributed by atoms with Gasteiger partial charge in [-0.15, -0.1) is 11.6 Å². The van der Waals surface area contributed by atoms with Gasteiger partial charge in [0.2, 0.25) is 0 Å². The SMILES string of the molecule is CC(CCCl)NCC1CCOCC1. The van der Waals surface area contributed by atoms with Crippen molar-refractivity contribution in [1.82, 2.24) is 5.32 Å². The molecule has 0 aromatic heterocycles. The average molecular weight is 206 g/mol. The summed E-state index contributed by atoms with van der Waals surface area (Å²) in [5.41, 5.74) is 0. The first kappa shape index (κ1) is 11.3. The molecule has 0 aromatic carbocycles. The zero-order chi connectivity index (χ0) is 9.52. The third-order valence-electron chi connectivity index (χ3n) is 2.64. The Bertz CT molecular complexity index is 126. The normalized spacial score (nSPS) is 21.7. The van der Waals surface area contributed by atoms with Crippen LogP contribution in [0, 0.1) is 5.92 Å². The fourth-order valence-electron chi connectivity index (χ4n) is 1.58. The number of ether oxygens (including phenoxy) is 1. The summed E-state index contributed by atoms with van der Waals surface area (Å²) in [6.07, 6.45) is 3.48. The molecule has 0 spiro atoms. The molecule has 0 bridgehead atoms. The third kappa shape index (κ3) is 4.84. The fourth-order valence-corrected chi connectivity index (χ4v) is 1.91. The quantitative estimate of drug-likeness (QED) is 0.694. The van der Waals surface area contributed by atoms with Gasteiger partial charge in [-0.25, -0.2) is 0 Å². The summed E-state index contributed by atoms with van der Waals surface area (Å²) in [4.78, 5) is 0. The van der Waals surface area contributed by atoms with Gasteiger partial charge in [0.05, 0.1) is 0 Å². The van der Waals surface area contributed by atoms with E-state index in [1.807, 2.05) is 0 Å². The lowest BCUT2D eigenvalue weighted by molar-refractivity contribution is 0.0656. The van der Waals surface area contributed by atoms with Crippen molar-refractivity contribution in [2.45, 2.75) is 32.2 Å². The average Bonchev–Trinajstić information content (AvgIpc) is 2.17. The third-order valence-corrected chi connectivity index (χ3v) is 2.86. The topological polar surface area (TPSA) is 21.3 Å². The van der Waals surface area contributed by atoms with Crippen molar-refractivity contribution in [3.05, 3.63) is 0 Å². The number of hydrogen-bond donors (Lipinski definition) is 1. The second-order valence-corrected chi connectivity index (χ2v) is 4.22. The Balaban J connectivity index is 2.03. The standard InChI is InChI=1S/C10H20ClNO/c1-9(2-5-11)12-8-10-3-6-13-7-4-10/h9-10,12H,2-8H2,1H3. The molecule has 3 heteroatoms. The summed E-state index contributed by atoms with van der Waals surface area (Å²) in [6, 6.07) is 0.556. The number of halogens is 1. The molecule has 0 saturated carbocycles. The summed E-state index contributed by atoms with van der Waals surface area (Å²) in [5.74, 6) is 1.56. The Morgan fingerprint density at radius 2 is 2.15 bits per heavy atom. The highest BCUT2D eigenvalue weighted by atomic mass is 35.5. The molecule has 78 valence electrons. The van der Waals surface area contributed by atoms with Gasteiger partial charge in [0.1, 0.15) is 0 Å². The van der Waals surface area contributed by atoms with Crippen LogP contribution in [0.2, 0.25) is 0 Å². The molecule has 0 aliphatic carbocycles. The van der Waals surface area contributed by atoms with Crippen LogP contribution in [-0.2, 0) is 4.74 Å². The van der Waals surface area contributed by atoms with Gasteiger partial charge in [-0.05, 0) is 38.6 Å². The zero-order valence-corrected chi connectivity index (χ0v) is 9.15. The first-order valence-electron chi connectivity index (χ1n) is 5.20. The molecule has 1 N–H and O–H groups in total. The van der Waals surface area contributed by atoms with Crippen molar-refractivity contribution < 1.29 is 4.74 Å². The molecule has 1 saturated heterocycles. The van der Waals surface area contributed by atoms with Crippen LogP contribution in [0.5, 0.6) is 0 Å². The van der Waals surface area contributed by atoms with E-state index in [0.717, 1.165) is 38.0 Å². The Labute approximate surface area is 86.0 Å². The second kappa shape index (κ2) is 6.63. The molecular formula is C10H20ClNO. The summed E-state index contributed by atoms with van der Waals surface area (Å²) in [7, 11) is 0. The molecule has 0 amide bonds. The maximum Gasteiger partial charge on any atom is 0.0469 e. The molecule has 1 aliphatic rings. The van der Waals surface area contributed by atoms with Crippen LogP contribution in [-0.4, -0.2) is 31.7 Å². The van der Waals surface area contributed by atoms with Gasteiger partial charge in [0.15, 0.2) is 0 Å². The van der Waals surface area contributed by atoms with Gasteiger partial charge in [0, 0.05) is 25.1 Å². The molecule has 0 aromatic rings. The summed E-state index contributed by atoms with van der Waals surface area (Å²) in [5, 5.41) is 3.51. The number of nitrogens with one attached hydrogen (secondary N) is 1. The van der Waals surface area contributed by atoms with Crippen LogP contribution >= 0.6 is 11.6 Å². The van der Waals surface area contributed by atoms with Gasteiger partial charge >= 0.3 is 0 Å². The molecule has 1 atom stereocenters. The lowest BCUT2D eigenvalue weighted by Crippen LogP contribution is -2.33. The molecule has 2 nitrogen and oxygen atoms in total. The first-order valence-corrected chi connectivity index (χ1v) is 5.73. The van der Waals surface area contributed by atoms with Crippen LogP contribution in [0.1, 0.15) is 26.2 Å².